The van der Waals surface area contributed by atoms with E-state index in [4.69, 9.17) is 18.6 Å². The number of carbonyl (C=O) groups is 2. The molecule has 2 saturated heterocycles. The van der Waals surface area contributed by atoms with Gasteiger partial charge in [-0.1, -0.05) is 27.7 Å². The number of ether oxygens (including phenoxy) is 3. The fraction of sp³-hybridized carbons (Fsp3) is 0.632. The van der Waals surface area contributed by atoms with E-state index in [1.807, 2.05) is 6.92 Å². The number of hydrogen-bond donors (Lipinski definition) is 2. The molecule has 0 saturated carbocycles. The summed E-state index contributed by atoms with van der Waals surface area (Å²) in [5.41, 5.74) is -0.476. The van der Waals surface area contributed by atoms with Gasteiger partial charge in [-0.25, -0.2) is 0 Å². The number of aliphatic hydroxyl groups excluding tert-OH is 2. The highest BCUT2D eigenvalue weighted by molar-refractivity contribution is 6.74. The molecule has 0 unspecified atom stereocenters. The maximum absolute atomic E-state index is 13.8. The van der Waals surface area contributed by atoms with Crippen LogP contribution < -0.4 is 14.2 Å². The molecule has 0 radical (unpaired) electrons. The van der Waals surface area contributed by atoms with Crippen LogP contribution in [-0.2, 0) is 4.43 Å². The summed E-state index contributed by atoms with van der Waals surface area (Å²) in [4.78, 5) is 52.9. The van der Waals surface area contributed by atoms with Gasteiger partial charge >= 0.3 is 0 Å². The van der Waals surface area contributed by atoms with Crippen molar-refractivity contribution >= 4 is 31.5 Å². The van der Waals surface area contributed by atoms with Gasteiger partial charge in [-0.2, -0.15) is 0 Å². The first kappa shape index (κ1) is 43.4. The number of unbranched alkanes of at least 4 members (excludes halogenated alkanes) is 2. The van der Waals surface area contributed by atoms with E-state index in [9.17, 15) is 40.0 Å². The van der Waals surface area contributed by atoms with Crippen LogP contribution in [0.5, 0.6) is 17.2 Å². The summed E-state index contributed by atoms with van der Waals surface area (Å²) in [6, 6.07) is 4.57. The van der Waals surface area contributed by atoms with E-state index in [1.54, 1.807) is 6.92 Å². The van der Waals surface area contributed by atoms with Gasteiger partial charge in [0.2, 0.25) is 0 Å². The predicted molar refractivity (Wildman–Crippen MR) is 207 cm³/mol. The van der Waals surface area contributed by atoms with Gasteiger partial charge in [0.05, 0.1) is 67.2 Å². The number of likely N-dealkylation sites (tertiary alicyclic amines) is 2. The molecule has 304 valence electrons. The number of carbonyl (C=O) groups excluding carboxylic acids is 2. The number of aliphatic hydroxyl groups is 2. The number of β-amino-alcohol motifs (C(OH)–C–C–N with tert-alkyl or cyclic N) is 2. The maximum Gasteiger partial charge on any atom is 0.286 e. The largest absolute Gasteiger partial charge is 0.493 e. The highest BCUT2D eigenvalue weighted by Gasteiger charge is 2.42. The van der Waals surface area contributed by atoms with Crippen molar-refractivity contribution in [3.8, 4) is 17.2 Å². The van der Waals surface area contributed by atoms with Gasteiger partial charge in [0.15, 0.2) is 19.8 Å². The zero-order chi connectivity index (χ0) is 40.8. The second kappa shape index (κ2) is 18.1. The molecule has 17 heteroatoms. The third-order valence-electron chi connectivity index (χ3n) is 11.0. The lowest BCUT2D eigenvalue weighted by Gasteiger charge is -2.38. The van der Waals surface area contributed by atoms with Crippen molar-refractivity contribution in [3.05, 3.63) is 61.2 Å². The molecule has 0 spiro atoms. The normalized spacial score (nSPS) is 20.1. The Morgan fingerprint density at radius 2 is 1.31 bits per heavy atom. The Labute approximate surface area is 323 Å². The first-order chi connectivity index (χ1) is 25.8. The molecule has 55 heavy (non-hydrogen) atoms. The molecular weight excluding hydrogens is 733 g/mol. The van der Waals surface area contributed by atoms with Crippen molar-refractivity contribution < 1.29 is 48.3 Å². The molecule has 2 aliphatic rings. The van der Waals surface area contributed by atoms with Crippen LogP contribution in [0.4, 0.5) is 11.4 Å². The zero-order valence-corrected chi connectivity index (χ0v) is 34.2. The minimum absolute atomic E-state index is 0.0480. The summed E-state index contributed by atoms with van der Waals surface area (Å²) in [6.07, 6.45) is 1.62. The number of aryl methyl sites for hydroxylation is 1. The Morgan fingerprint density at radius 3 is 1.82 bits per heavy atom. The molecule has 2 aromatic carbocycles. The molecule has 0 aromatic heterocycles. The fourth-order valence-corrected chi connectivity index (χ4v) is 7.74. The highest BCUT2D eigenvalue weighted by Crippen LogP contribution is 2.39. The van der Waals surface area contributed by atoms with E-state index < -0.39 is 53.9 Å². The molecule has 2 amide bonds. The summed E-state index contributed by atoms with van der Waals surface area (Å²) >= 11 is 0. The Balaban J connectivity index is 1.34. The Kier molecular flexibility index (Phi) is 14.3. The van der Waals surface area contributed by atoms with Crippen molar-refractivity contribution in [2.75, 3.05) is 40.0 Å². The topological polar surface area (TPSA) is 204 Å². The van der Waals surface area contributed by atoms with E-state index in [0.29, 0.717) is 44.1 Å². The van der Waals surface area contributed by atoms with E-state index in [1.165, 1.54) is 41.2 Å². The number of nitro groups is 2. The first-order valence-corrected chi connectivity index (χ1v) is 21.7. The molecule has 2 N–H and O–H groups in total. The van der Waals surface area contributed by atoms with Crippen LogP contribution >= 0.6 is 0 Å². The number of benzene rings is 2. The maximum atomic E-state index is 13.8. The summed E-state index contributed by atoms with van der Waals surface area (Å²) in [6.45, 7) is 15.0. The van der Waals surface area contributed by atoms with Crippen molar-refractivity contribution in [2.24, 2.45) is 0 Å². The van der Waals surface area contributed by atoms with Crippen molar-refractivity contribution in [3.63, 3.8) is 0 Å². The van der Waals surface area contributed by atoms with E-state index in [2.05, 4.69) is 33.9 Å². The van der Waals surface area contributed by atoms with E-state index in [-0.39, 0.29) is 78.1 Å². The molecule has 2 heterocycles. The SMILES string of the molecule is CC[C@@H]1C[C@@H](O)CN1C(=O)c1cc(OC)c(OCCCCCOc2cc([N+](=O)[O-])c(C(=O)N3C[C@H](O)C[C@H]3CO[Si](C)(C)C(C)(C)C)cc2C)cc1[N+](=O)[O-]. The van der Waals surface area contributed by atoms with Crippen LogP contribution in [0.3, 0.4) is 0 Å². The van der Waals surface area contributed by atoms with Crippen LogP contribution in [-0.4, -0.2) is 114 Å². The lowest BCUT2D eigenvalue weighted by molar-refractivity contribution is -0.385. The number of nitrogens with zero attached hydrogens (tertiary/aromatic N) is 4. The summed E-state index contributed by atoms with van der Waals surface area (Å²) < 4.78 is 23.5. The quantitative estimate of drug-likeness (QED) is 0.0816. The van der Waals surface area contributed by atoms with Gasteiger partial charge in [0.25, 0.3) is 23.2 Å². The fourth-order valence-electron chi connectivity index (χ4n) is 6.70. The van der Waals surface area contributed by atoms with Gasteiger partial charge in [0.1, 0.15) is 16.9 Å². The molecule has 0 aliphatic carbocycles. The second-order valence-corrected chi connectivity index (χ2v) is 20.7. The second-order valence-electron chi connectivity index (χ2n) is 15.9. The standard InChI is InChI=1S/C38H56N4O12Si/c1-9-25-16-27(43)21-39(25)37(46)30-18-34(51-6)35(20-32(30)42(49)50)53-14-12-10-11-13-52-33-19-31(41(47)48)29(15-24(33)2)36(45)40-22-28(44)17-26(40)23-54-55(7,8)38(3,4)5/h15,18-20,25-28,43-44H,9-14,16-17,21-23H2,1-8H3/t25-,26+,27-,28-/m1/s1. The minimum Gasteiger partial charge on any atom is -0.493 e. The predicted octanol–water partition coefficient (Wildman–Crippen LogP) is 6.03. The summed E-state index contributed by atoms with van der Waals surface area (Å²) in [5.74, 6) is -0.531. The average Bonchev–Trinajstić information content (AvgIpc) is 3.70. The van der Waals surface area contributed by atoms with Crippen molar-refractivity contribution in [1.29, 1.82) is 0 Å². The van der Waals surface area contributed by atoms with E-state index >= 15 is 0 Å². The molecular formula is C38H56N4O12Si. The summed E-state index contributed by atoms with van der Waals surface area (Å²) in [7, 11) is -0.766. The molecule has 2 fully saturated rings. The number of methoxy groups -OCH3 is 1. The average molecular weight is 789 g/mol. The number of amides is 2. The Morgan fingerprint density at radius 1 is 0.818 bits per heavy atom. The molecule has 0 bridgehead atoms. The lowest BCUT2D eigenvalue weighted by atomic mass is 10.1. The van der Waals surface area contributed by atoms with Crippen LogP contribution in [0.1, 0.15) is 92.5 Å². The molecule has 2 aliphatic heterocycles. The Bertz CT molecular complexity index is 1730. The van der Waals surface area contributed by atoms with Gasteiger partial charge in [0, 0.05) is 25.2 Å². The van der Waals surface area contributed by atoms with Crippen molar-refractivity contribution in [2.45, 2.75) is 116 Å². The van der Waals surface area contributed by atoms with Gasteiger partial charge in [-0.15, -0.1) is 0 Å². The zero-order valence-electron chi connectivity index (χ0n) is 33.2. The van der Waals surface area contributed by atoms with Crippen LogP contribution in [0, 0.1) is 27.2 Å². The number of rotatable bonds is 17. The highest BCUT2D eigenvalue weighted by atomic mass is 28.4. The molecule has 16 nitrogen and oxygen atoms in total. The first-order valence-electron chi connectivity index (χ1n) is 18.8. The molecule has 4 rings (SSSR count). The van der Waals surface area contributed by atoms with Crippen molar-refractivity contribution in [1.82, 2.24) is 9.80 Å². The monoisotopic (exact) mass is 788 g/mol. The van der Waals surface area contributed by atoms with Crippen LogP contribution in [0.15, 0.2) is 24.3 Å². The Hall–Kier alpha value is -4.32. The van der Waals surface area contributed by atoms with Crippen LogP contribution in [0.25, 0.3) is 0 Å². The van der Waals surface area contributed by atoms with Gasteiger partial charge in [-0.3, -0.25) is 29.8 Å². The lowest BCUT2D eigenvalue weighted by Crippen LogP contribution is -2.46. The van der Waals surface area contributed by atoms with E-state index in [0.717, 1.165) is 0 Å². The van der Waals surface area contributed by atoms with Gasteiger partial charge < -0.3 is 38.6 Å². The third-order valence-corrected chi connectivity index (χ3v) is 15.5. The summed E-state index contributed by atoms with van der Waals surface area (Å²) in [5, 5.41) is 44.6. The number of nitro benzene ring substituents is 2. The molecule has 4 atom stereocenters. The van der Waals surface area contributed by atoms with Crippen LogP contribution in [0.2, 0.25) is 18.1 Å². The molecule has 2 aromatic rings. The van der Waals surface area contributed by atoms with Gasteiger partial charge in [-0.05, 0) is 75.2 Å². The third kappa shape index (κ3) is 10.3. The number of hydrogen-bond acceptors (Lipinski definition) is 12. The smallest absolute Gasteiger partial charge is 0.286 e. The minimum atomic E-state index is -2.14.